The second-order valence-electron chi connectivity index (χ2n) is 13.9. The van der Waals surface area contributed by atoms with Crippen molar-refractivity contribution in [2.24, 2.45) is 11.8 Å². The lowest BCUT2D eigenvalue weighted by atomic mass is 9.82. The quantitative estimate of drug-likeness (QED) is 0.150. The second kappa shape index (κ2) is 17.3. The molecule has 48 heavy (non-hydrogen) atoms. The number of hydrogen-bond acceptors (Lipinski definition) is 9. The molecule has 268 valence electrons. The highest BCUT2D eigenvalue weighted by atomic mass is 16.6. The molecule has 0 saturated carbocycles. The summed E-state index contributed by atoms with van der Waals surface area (Å²) in [4.78, 5) is 52.2. The van der Waals surface area contributed by atoms with Crippen LogP contribution in [0.15, 0.2) is 30.1 Å². The third-order valence-electron chi connectivity index (χ3n) is 9.49. The summed E-state index contributed by atoms with van der Waals surface area (Å²) in [6, 6.07) is 0. The third kappa shape index (κ3) is 9.36. The molecule has 9 nitrogen and oxygen atoms in total. The van der Waals surface area contributed by atoms with Crippen molar-refractivity contribution in [1.29, 1.82) is 0 Å². The molecular formula is C39H58O9. The maximum Gasteiger partial charge on any atom is 0.306 e. The molecule has 1 N–H and O–H groups in total. The summed E-state index contributed by atoms with van der Waals surface area (Å²) in [7, 11) is 0. The first kappa shape index (κ1) is 40.7. The maximum atomic E-state index is 13.5. The monoisotopic (exact) mass is 670 g/mol. The Bertz CT molecular complexity index is 1590. The predicted molar refractivity (Wildman–Crippen MR) is 188 cm³/mol. The first-order chi connectivity index (χ1) is 22.3. The molecule has 0 radical (unpaired) electrons. The Morgan fingerprint density at radius 3 is 1.79 bits per heavy atom. The highest BCUT2D eigenvalue weighted by Gasteiger charge is 2.39. The van der Waals surface area contributed by atoms with E-state index in [1.165, 1.54) is 6.92 Å². The van der Waals surface area contributed by atoms with Crippen molar-refractivity contribution < 1.29 is 33.0 Å². The fourth-order valence-electron chi connectivity index (χ4n) is 6.63. The Hall–Kier alpha value is -3.46. The van der Waals surface area contributed by atoms with Gasteiger partial charge in [-0.15, -0.1) is 0 Å². The zero-order valence-corrected chi connectivity index (χ0v) is 31.5. The van der Waals surface area contributed by atoms with Crippen LogP contribution in [0.5, 0.6) is 0 Å². The van der Waals surface area contributed by atoms with E-state index in [0.29, 0.717) is 63.7 Å². The molecule has 0 unspecified atom stereocenters. The Morgan fingerprint density at radius 2 is 1.29 bits per heavy atom. The molecule has 0 spiro atoms. The number of rotatable bonds is 15. The van der Waals surface area contributed by atoms with Gasteiger partial charge in [-0.1, -0.05) is 61.5 Å². The van der Waals surface area contributed by atoms with Crippen LogP contribution in [0.2, 0.25) is 0 Å². The van der Waals surface area contributed by atoms with E-state index in [-0.39, 0.29) is 29.1 Å². The molecule has 0 bridgehead atoms. The van der Waals surface area contributed by atoms with Crippen molar-refractivity contribution in [2.75, 3.05) is 0 Å². The lowest BCUT2D eigenvalue weighted by molar-refractivity contribution is -0.160. The van der Waals surface area contributed by atoms with Gasteiger partial charge >= 0.3 is 11.9 Å². The fourth-order valence-corrected chi connectivity index (χ4v) is 6.63. The first-order valence-electron chi connectivity index (χ1n) is 17.3. The second-order valence-corrected chi connectivity index (χ2v) is 13.9. The normalized spacial score (nSPS) is 16.5. The summed E-state index contributed by atoms with van der Waals surface area (Å²) in [5.74, 6) is -0.962. The largest absolute Gasteiger partial charge is 0.465 e. The van der Waals surface area contributed by atoms with Gasteiger partial charge in [0.2, 0.25) is 0 Å². The number of ether oxygens (including phenoxy) is 2. The van der Waals surface area contributed by atoms with E-state index in [4.69, 9.17) is 18.3 Å². The molecule has 7 atom stereocenters. The molecule has 0 aliphatic heterocycles. The molecule has 2 heterocycles. The number of carbonyl (C=O) groups excluding carboxylic acids is 2. The summed E-state index contributed by atoms with van der Waals surface area (Å²) < 4.78 is 24.7. The van der Waals surface area contributed by atoms with Gasteiger partial charge in [-0.3, -0.25) is 19.2 Å². The summed E-state index contributed by atoms with van der Waals surface area (Å²) in [6.07, 6.45) is 0.728. The van der Waals surface area contributed by atoms with Crippen molar-refractivity contribution in [3.8, 4) is 0 Å². The molecule has 0 amide bonds. The van der Waals surface area contributed by atoms with Crippen molar-refractivity contribution in [2.45, 2.75) is 152 Å². The van der Waals surface area contributed by atoms with E-state index in [1.54, 1.807) is 27.7 Å². The number of aryl methyl sites for hydroxylation is 1. The average Bonchev–Trinajstić information content (AvgIpc) is 3.02. The molecule has 0 aliphatic rings. The highest BCUT2D eigenvalue weighted by molar-refractivity contribution is 5.70. The van der Waals surface area contributed by atoms with Gasteiger partial charge in [-0.25, -0.2) is 0 Å². The Labute approximate surface area is 286 Å². The number of allylic oxidation sites excluding steroid dienone is 1. The smallest absolute Gasteiger partial charge is 0.306 e. The lowest BCUT2D eigenvalue weighted by Crippen LogP contribution is -2.40. The van der Waals surface area contributed by atoms with E-state index in [1.807, 2.05) is 68.4 Å². The fraction of sp³-hybridized carbons (Fsp3) is 0.641. The van der Waals surface area contributed by atoms with Crippen LogP contribution >= 0.6 is 0 Å². The molecule has 0 aliphatic carbocycles. The van der Waals surface area contributed by atoms with E-state index < -0.39 is 48.0 Å². The summed E-state index contributed by atoms with van der Waals surface area (Å²) in [5, 5.41) is 10.6. The zero-order chi connectivity index (χ0) is 36.8. The Morgan fingerprint density at radius 1 is 0.771 bits per heavy atom. The Kier molecular flexibility index (Phi) is 14.7. The maximum absolute atomic E-state index is 13.5. The molecule has 0 fully saturated rings. The first-order valence-corrected chi connectivity index (χ1v) is 17.3. The van der Waals surface area contributed by atoms with Gasteiger partial charge in [-0.05, 0) is 52.5 Å². The van der Waals surface area contributed by atoms with Gasteiger partial charge in [0.05, 0.1) is 12.0 Å². The van der Waals surface area contributed by atoms with Gasteiger partial charge in [0.15, 0.2) is 10.9 Å². The molecular weight excluding hydrogens is 612 g/mol. The Balaban J connectivity index is 2.74. The van der Waals surface area contributed by atoms with Gasteiger partial charge < -0.3 is 23.4 Å². The van der Waals surface area contributed by atoms with E-state index in [9.17, 15) is 24.3 Å². The third-order valence-corrected chi connectivity index (χ3v) is 9.49. The van der Waals surface area contributed by atoms with Crippen molar-refractivity contribution in [3.63, 3.8) is 0 Å². The van der Waals surface area contributed by atoms with Gasteiger partial charge in [0.25, 0.3) is 0 Å². The minimum absolute atomic E-state index is 0.0398. The summed E-state index contributed by atoms with van der Waals surface area (Å²) in [6.45, 7) is 25.1. The predicted octanol–water partition coefficient (Wildman–Crippen LogP) is 7.64. The zero-order valence-electron chi connectivity index (χ0n) is 31.5. The number of hydrogen-bond donors (Lipinski definition) is 1. The molecule has 2 rings (SSSR count). The SMILES string of the molecule is CCc1oc([C@H](C)/C=C(\C)[C@H](OC(C)=O)[C@H](C)[C@@H](OC(=O)CC(C)C)[C@@H](C)c2oc([C@@H](C)[C@@H](O)CC)c(C)c(=O)c2C)c(C)c(=O)c1C. The average molecular weight is 671 g/mol. The molecule has 0 saturated heterocycles. The number of aliphatic hydroxyl groups excluding tert-OH is 1. The minimum Gasteiger partial charge on any atom is -0.465 e. The van der Waals surface area contributed by atoms with Crippen LogP contribution in [0.4, 0.5) is 0 Å². The van der Waals surface area contributed by atoms with Crippen LogP contribution in [0.1, 0.15) is 145 Å². The number of esters is 2. The van der Waals surface area contributed by atoms with Crippen molar-refractivity contribution in [1.82, 2.24) is 0 Å². The van der Waals surface area contributed by atoms with Gasteiger partial charge in [-0.2, -0.15) is 0 Å². The minimum atomic E-state index is -0.867. The van der Waals surface area contributed by atoms with Crippen molar-refractivity contribution in [3.05, 3.63) is 77.4 Å². The van der Waals surface area contributed by atoms with Crippen LogP contribution < -0.4 is 10.9 Å². The summed E-state index contributed by atoms with van der Waals surface area (Å²) >= 11 is 0. The number of carbonyl (C=O) groups is 2. The molecule has 2 aromatic rings. The van der Waals surface area contributed by atoms with Crippen LogP contribution in [-0.2, 0) is 25.5 Å². The van der Waals surface area contributed by atoms with Crippen LogP contribution in [0.25, 0.3) is 0 Å². The van der Waals surface area contributed by atoms with Gasteiger partial charge in [0, 0.05) is 59.8 Å². The van der Waals surface area contributed by atoms with E-state index in [0.717, 1.165) is 0 Å². The van der Waals surface area contributed by atoms with Crippen LogP contribution in [-0.4, -0.2) is 35.4 Å². The lowest BCUT2D eigenvalue weighted by Gasteiger charge is -2.35. The topological polar surface area (TPSA) is 133 Å². The standard InChI is InChI=1S/C39H58O9/c1-15-30(41)22(7)37-25(10)34(44)26(11)38(48-37)28(13)39(47-32(42)17-19(3)4)27(12)36(45-29(14)40)21(6)18-20(5)35-24(9)33(43)23(8)31(16-2)46-35/h18-20,22,27-28,30,36,39,41H,15-17H2,1-14H3/b21-18+/t20-,22+,27+,28+,30+,36+,39-/m1/s1. The van der Waals surface area contributed by atoms with Crippen LogP contribution in [0, 0.1) is 39.5 Å². The molecule has 2 aromatic heterocycles. The van der Waals surface area contributed by atoms with Gasteiger partial charge in [0.1, 0.15) is 35.2 Å². The summed E-state index contributed by atoms with van der Waals surface area (Å²) in [5.41, 5.74) is 2.37. The van der Waals surface area contributed by atoms with Crippen molar-refractivity contribution >= 4 is 11.9 Å². The van der Waals surface area contributed by atoms with E-state index >= 15 is 0 Å². The van der Waals surface area contributed by atoms with E-state index in [2.05, 4.69) is 0 Å². The molecule has 0 aromatic carbocycles. The molecule has 9 heteroatoms. The van der Waals surface area contributed by atoms with Crippen LogP contribution in [0.3, 0.4) is 0 Å². The number of aliphatic hydroxyl groups is 1. The highest BCUT2D eigenvalue weighted by Crippen LogP contribution is 2.36.